The average molecular weight is 329 g/mol. The lowest BCUT2D eigenvalue weighted by Crippen LogP contribution is -2.16. The van der Waals surface area contributed by atoms with Gasteiger partial charge in [-0.1, -0.05) is 23.8 Å². The van der Waals surface area contributed by atoms with E-state index in [1.807, 2.05) is 12.1 Å². The smallest absolute Gasteiger partial charge is 0.203 e. The molecule has 130 valence electrons. The van der Waals surface area contributed by atoms with Crippen LogP contribution in [0.3, 0.4) is 0 Å². The minimum absolute atomic E-state index is 0.180. The van der Waals surface area contributed by atoms with Crippen LogP contribution in [0.4, 0.5) is 0 Å². The lowest BCUT2D eigenvalue weighted by Gasteiger charge is -2.20. The predicted octanol–water partition coefficient (Wildman–Crippen LogP) is 3.61. The number of nitrogens with two attached hydrogens (primary N) is 1. The zero-order chi connectivity index (χ0) is 17.7. The minimum Gasteiger partial charge on any atom is -0.493 e. The summed E-state index contributed by atoms with van der Waals surface area (Å²) >= 11 is 0. The third kappa shape index (κ3) is 3.82. The highest BCUT2D eigenvalue weighted by Crippen LogP contribution is 2.40. The van der Waals surface area contributed by atoms with Crippen molar-refractivity contribution in [1.29, 1.82) is 0 Å². The maximum atomic E-state index is 6.08. The van der Waals surface area contributed by atoms with Crippen LogP contribution in [-0.2, 0) is 6.42 Å². The second-order valence-electron chi connectivity index (χ2n) is 6.03. The van der Waals surface area contributed by atoms with Crippen molar-refractivity contribution in [2.75, 3.05) is 27.9 Å². The molecule has 0 spiro atoms. The summed E-state index contributed by atoms with van der Waals surface area (Å²) in [6.07, 6.45) is 0.878. The molecule has 2 aromatic carbocycles. The monoisotopic (exact) mass is 329 g/mol. The molecule has 0 aliphatic carbocycles. The van der Waals surface area contributed by atoms with Gasteiger partial charge in [-0.15, -0.1) is 0 Å². The Bertz CT molecular complexity index is 672. The third-order valence-electron chi connectivity index (χ3n) is 4.41. The normalized spacial score (nSPS) is 11.9. The van der Waals surface area contributed by atoms with Crippen molar-refractivity contribution < 1.29 is 14.2 Å². The summed E-state index contributed by atoms with van der Waals surface area (Å²) in [5.74, 6) is 2.10. The predicted molar refractivity (Wildman–Crippen MR) is 97.5 cm³/mol. The molecule has 0 aliphatic rings. The van der Waals surface area contributed by atoms with Crippen molar-refractivity contribution in [2.24, 2.45) is 5.73 Å². The lowest BCUT2D eigenvalue weighted by atomic mass is 9.89. The first-order valence-electron chi connectivity index (χ1n) is 8.10. The summed E-state index contributed by atoms with van der Waals surface area (Å²) in [4.78, 5) is 0. The van der Waals surface area contributed by atoms with Crippen LogP contribution in [0.5, 0.6) is 17.2 Å². The molecular formula is C20H27NO3. The molecule has 2 N–H and O–H groups in total. The molecule has 0 saturated carbocycles. The minimum atomic E-state index is 0.180. The molecule has 0 fully saturated rings. The number of ether oxygens (including phenoxy) is 3. The zero-order valence-electron chi connectivity index (χ0n) is 15.2. The molecule has 0 bridgehead atoms. The summed E-state index contributed by atoms with van der Waals surface area (Å²) in [7, 11) is 4.86. The van der Waals surface area contributed by atoms with Crippen LogP contribution >= 0.6 is 0 Å². The molecule has 0 aliphatic heterocycles. The van der Waals surface area contributed by atoms with Crippen LogP contribution in [0.25, 0.3) is 0 Å². The quantitative estimate of drug-likeness (QED) is 0.843. The molecule has 1 atom stereocenters. The van der Waals surface area contributed by atoms with Gasteiger partial charge < -0.3 is 19.9 Å². The van der Waals surface area contributed by atoms with Crippen LogP contribution in [0.15, 0.2) is 30.3 Å². The molecule has 4 heteroatoms. The molecule has 2 rings (SSSR count). The number of aryl methyl sites for hydroxylation is 2. The van der Waals surface area contributed by atoms with E-state index in [0.29, 0.717) is 23.8 Å². The molecule has 4 nitrogen and oxygen atoms in total. The van der Waals surface area contributed by atoms with Gasteiger partial charge in [-0.05, 0) is 55.6 Å². The van der Waals surface area contributed by atoms with Crippen molar-refractivity contribution in [3.63, 3.8) is 0 Å². The van der Waals surface area contributed by atoms with Crippen LogP contribution in [-0.4, -0.2) is 27.9 Å². The van der Waals surface area contributed by atoms with Gasteiger partial charge in [0.1, 0.15) is 0 Å². The van der Waals surface area contributed by atoms with Gasteiger partial charge >= 0.3 is 0 Å². The van der Waals surface area contributed by atoms with Crippen molar-refractivity contribution in [2.45, 2.75) is 26.2 Å². The van der Waals surface area contributed by atoms with Gasteiger partial charge in [-0.3, -0.25) is 0 Å². The average Bonchev–Trinajstić information content (AvgIpc) is 2.60. The zero-order valence-corrected chi connectivity index (χ0v) is 15.2. The van der Waals surface area contributed by atoms with Gasteiger partial charge in [-0.25, -0.2) is 0 Å². The fraction of sp³-hybridized carbons (Fsp3) is 0.400. The number of hydrogen-bond acceptors (Lipinski definition) is 4. The Balaban J connectivity index is 2.41. The standard InChI is InChI=1S/C20H27NO3/c1-13-6-7-14(2)15(8-13)9-17(12-21)16-10-18(22-3)20(24-5)19(11-16)23-4/h6-8,10-11,17H,9,12,21H2,1-5H3. The van der Waals surface area contributed by atoms with Crippen molar-refractivity contribution in [1.82, 2.24) is 0 Å². The third-order valence-corrected chi connectivity index (χ3v) is 4.41. The Kier molecular flexibility index (Phi) is 6.10. The number of hydrogen-bond donors (Lipinski definition) is 1. The fourth-order valence-electron chi connectivity index (χ4n) is 2.96. The molecule has 0 aromatic heterocycles. The van der Waals surface area contributed by atoms with Crippen LogP contribution in [0.2, 0.25) is 0 Å². The molecule has 2 aromatic rings. The maximum absolute atomic E-state index is 6.08. The lowest BCUT2D eigenvalue weighted by molar-refractivity contribution is 0.323. The number of rotatable bonds is 7. The van der Waals surface area contributed by atoms with Crippen LogP contribution < -0.4 is 19.9 Å². The maximum Gasteiger partial charge on any atom is 0.203 e. The van der Waals surface area contributed by atoms with E-state index in [-0.39, 0.29) is 5.92 Å². The Morgan fingerprint density at radius 1 is 0.917 bits per heavy atom. The number of methoxy groups -OCH3 is 3. The Hall–Kier alpha value is -2.20. The van der Waals surface area contributed by atoms with Gasteiger partial charge in [0.05, 0.1) is 21.3 Å². The first-order valence-corrected chi connectivity index (χ1v) is 8.10. The molecule has 0 saturated heterocycles. The summed E-state index contributed by atoms with van der Waals surface area (Å²) in [5, 5.41) is 0. The van der Waals surface area contributed by atoms with Crippen molar-refractivity contribution in [3.8, 4) is 17.2 Å². The van der Waals surface area contributed by atoms with E-state index >= 15 is 0 Å². The van der Waals surface area contributed by atoms with E-state index in [0.717, 1.165) is 12.0 Å². The van der Waals surface area contributed by atoms with Gasteiger partial charge in [0, 0.05) is 5.92 Å². The van der Waals surface area contributed by atoms with Gasteiger partial charge in [0.15, 0.2) is 11.5 Å². The fourth-order valence-corrected chi connectivity index (χ4v) is 2.96. The van der Waals surface area contributed by atoms with E-state index in [1.165, 1.54) is 16.7 Å². The second-order valence-corrected chi connectivity index (χ2v) is 6.03. The van der Waals surface area contributed by atoms with Crippen molar-refractivity contribution >= 4 is 0 Å². The summed E-state index contributed by atoms with van der Waals surface area (Å²) in [6, 6.07) is 10.5. The van der Waals surface area contributed by atoms with E-state index in [4.69, 9.17) is 19.9 Å². The molecule has 0 amide bonds. The van der Waals surface area contributed by atoms with Crippen molar-refractivity contribution in [3.05, 3.63) is 52.6 Å². The van der Waals surface area contributed by atoms with E-state index in [9.17, 15) is 0 Å². The van der Waals surface area contributed by atoms with Gasteiger partial charge in [-0.2, -0.15) is 0 Å². The van der Waals surface area contributed by atoms with Crippen LogP contribution in [0.1, 0.15) is 28.2 Å². The molecule has 0 heterocycles. The summed E-state index contributed by atoms with van der Waals surface area (Å²) < 4.78 is 16.3. The SMILES string of the molecule is COc1cc(C(CN)Cc2cc(C)ccc2C)cc(OC)c1OC. The topological polar surface area (TPSA) is 53.7 Å². The highest BCUT2D eigenvalue weighted by Gasteiger charge is 2.19. The highest BCUT2D eigenvalue weighted by atomic mass is 16.5. The number of benzene rings is 2. The molecule has 1 unspecified atom stereocenters. The largest absolute Gasteiger partial charge is 0.493 e. The Morgan fingerprint density at radius 3 is 2.04 bits per heavy atom. The second kappa shape index (κ2) is 8.06. The first-order chi connectivity index (χ1) is 11.5. The van der Waals surface area contributed by atoms with E-state index in [2.05, 4.69) is 32.0 Å². The molecule has 0 radical (unpaired) electrons. The summed E-state index contributed by atoms with van der Waals surface area (Å²) in [5.41, 5.74) is 11.0. The molecule has 24 heavy (non-hydrogen) atoms. The Morgan fingerprint density at radius 2 is 1.54 bits per heavy atom. The van der Waals surface area contributed by atoms with Gasteiger partial charge in [0.2, 0.25) is 5.75 Å². The van der Waals surface area contributed by atoms with E-state index < -0.39 is 0 Å². The summed E-state index contributed by atoms with van der Waals surface area (Å²) in [6.45, 7) is 4.80. The van der Waals surface area contributed by atoms with E-state index in [1.54, 1.807) is 21.3 Å². The van der Waals surface area contributed by atoms with Crippen LogP contribution in [0, 0.1) is 13.8 Å². The Labute approximate surface area is 144 Å². The first kappa shape index (κ1) is 18.1. The highest BCUT2D eigenvalue weighted by molar-refractivity contribution is 5.54. The molecular weight excluding hydrogens is 302 g/mol. The van der Waals surface area contributed by atoms with Gasteiger partial charge in [0.25, 0.3) is 0 Å².